The number of nitrogens with one attached hydrogen (secondary N) is 1. The second-order valence-electron chi connectivity index (χ2n) is 5.76. The van der Waals surface area contributed by atoms with Gasteiger partial charge < -0.3 is 19.7 Å². The number of carbonyl (C=O) groups excluding carboxylic acids is 1. The van der Waals surface area contributed by atoms with Crippen molar-refractivity contribution in [3.63, 3.8) is 0 Å². The molecule has 2 rings (SSSR count). The Balaban J connectivity index is 0.00000288. The molecule has 1 saturated heterocycles. The van der Waals surface area contributed by atoms with E-state index in [1.54, 1.807) is 14.2 Å². The number of aliphatic imine (C=N–C) groups is 1. The zero-order valence-electron chi connectivity index (χ0n) is 14.6. The number of carbonyl (C=O) groups is 1. The van der Waals surface area contributed by atoms with E-state index in [2.05, 4.69) is 22.1 Å². The average molecular weight is 447 g/mol. The van der Waals surface area contributed by atoms with Gasteiger partial charge >= 0.3 is 5.97 Å². The van der Waals surface area contributed by atoms with Gasteiger partial charge in [-0.15, -0.1) is 24.0 Å². The van der Waals surface area contributed by atoms with E-state index in [0.717, 1.165) is 23.8 Å². The van der Waals surface area contributed by atoms with Gasteiger partial charge in [-0.25, -0.2) is 0 Å². The van der Waals surface area contributed by atoms with E-state index in [9.17, 15) is 4.79 Å². The van der Waals surface area contributed by atoms with Crippen molar-refractivity contribution in [2.75, 3.05) is 34.4 Å². The summed E-state index contributed by atoms with van der Waals surface area (Å²) >= 11 is 0. The van der Waals surface area contributed by atoms with Crippen LogP contribution in [-0.4, -0.2) is 51.2 Å². The highest BCUT2D eigenvalue weighted by Crippen LogP contribution is 2.24. The first-order valence-electron chi connectivity index (χ1n) is 7.75. The summed E-state index contributed by atoms with van der Waals surface area (Å²) < 4.78 is 10.0. The van der Waals surface area contributed by atoms with Crippen molar-refractivity contribution < 1.29 is 14.3 Å². The molecule has 0 radical (unpaired) electrons. The topological polar surface area (TPSA) is 63.2 Å². The molecule has 0 spiro atoms. The van der Waals surface area contributed by atoms with Crippen LogP contribution in [0.5, 0.6) is 5.75 Å². The highest BCUT2D eigenvalue weighted by Gasteiger charge is 2.36. The van der Waals surface area contributed by atoms with Gasteiger partial charge in [0.15, 0.2) is 5.96 Å². The molecule has 1 aromatic rings. The Labute approximate surface area is 160 Å². The van der Waals surface area contributed by atoms with E-state index in [4.69, 9.17) is 9.47 Å². The van der Waals surface area contributed by atoms with Crippen molar-refractivity contribution in [1.29, 1.82) is 0 Å². The maximum Gasteiger partial charge on any atom is 0.310 e. The molecule has 0 amide bonds. The second-order valence-corrected chi connectivity index (χ2v) is 5.76. The summed E-state index contributed by atoms with van der Waals surface area (Å²) in [4.78, 5) is 18.2. The van der Waals surface area contributed by atoms with Crippen molar-refractivity contribution in [1.82, 2.24) is 10.2 Å². The number of guanidine groups is 1. The molecule has 1 heterocycles. The SMILES string of the molecule is CN=C(NCc1ccc(OC)cc1)N1CC(C)C(C(=O)OC)C1.I. The number of benzene rings is 1. The Morgan fingerprint density at radius 1 is 1.29 bits per heavy atom. The molecule has 2 atom stereocenters. The van der Waals surface area contributed by atoms with Crippen molar-refractivity contribution in [3.8, 4) is 5.75 Å². The van der Waals surface area contributed by atoms with Crippen LogP contribution in [0.2, 0.25) is 0 Å². The lowest BCUT2D eigenvalue weighted by molar-refractivity contribution is -0.145. The van der Waals surface area contributed by atoms with Gasteiger partial charge in [-0.3, -0.25) is 9.79 Å². The fraction of sp³-hybridized carbons (Fsp3) is 0.529. The predicted octanol–water partition coefficient (Wildman–Crippen LogP) is 2.13. The summed E-state index contributed by atoms with van der Waals surface area (Å²) in [5, 5.41) is 3.35. The number of methoxy groups -OCH3 is 2. The van der Waals surface area contributed by atoms with Gasteiger partial charge in [-0.1, -0.05) is 19.1 Å². The Bertz CT molecular complexity index is 563. The average Bonchev–Trinajstić information content (AvgIpc) is 2.97. The molecule has 134 valence electrons. The second kappa shape index (κ2) is 9.71. The minimum atomic E-state index is -0.148. The summed E-state index contributed by atoms with van der Waals surface area (Å²) in [5.74, 6) is 1.65. The molecule has 7 heteroatoms. The smallest absolute Gasteiger partial charge is 0.310 e. The third-order valence-corrected chi connectivity index (χ3v) is 4.24. The molecule has 1 N–H and O–H groups in total. The van der Waals surface area contributed by atoms with E-state index < -0.39 is 0 Å². The van der Waals surface area contributed by atoms with Crippen LogP contribution in [0.15, 0.2) is 29.3 Å². The zero-order chi connectivity index (χ0) is 16.8. The van der Waals surface area contributed by atoms with Gasteiger partial charge in [0.1, 0.15) is 5.75 Å². The van der Waals surface area contributed by atoms with Gasteiger partial charge in [-0.2, -0.15) is 0 Å². The van der Waals surface area contributed by atoms with Crippen LogP contribution in [-0.2, 0) is 16.1 Å². The Morgan fingerprint density at radius 2 is 1.96 bits per heavy atom. The number of ether oxygens (including phenoxy) is 2. The minimum Gasteiger partial charge on any atom is -0.497 e. The molecule has 1 fully saturated rings. The maximum absolute atomic E-state index is 11.8. The quantitative estimate of drug-likeness (QED) is 0.332. The van der Waals surface area contributed by atoms with Crippen LogP contribution in [0, 0.1) is 11.8 Å². The predicted molar refractivity (Wildman–Crippen MR) is 105 cm³/mol. The fourth-order valence-corrected chi connectivity index (χ4v) is 2.85. The summed E-state index contributed by atoms with van der Waals surface area (Å²) in [6.07, 6.45) is 0. The number of halogens is 1. The molecule has 0 bridgehead atoms. The Hall–Kier alpha value is -1.51. The van der Waals surface area contributed by atoms with Crippen LogP contribution >= 0.6 is 24.0 Å². The van der Waals surface area contributed by atoms with E-state index in [1.807, 2.05) is 24.3 Å². The Morgan fingerprint density at radius 3 is 2.50 bits per heavy atom. The third kappa shape index (κ3) is 4.99. The van der Waals surface area contributed by atoms with Crippen molar-refractivity contribution >= 4 is 35.9 Å². The summed E-state index contributed by atoms with van der Waals surface area (Å²) in [6, 6.07) is 7.90. The van der Waals surface area contributed by atoms with Gasteiger partial charge in [0.2, 0.25) is 0 Å². The highest BCUT2D eigenvalue weighted by molar-refractivity contribution is 14.0. The first kappa shape index (κ1) is 20.5. The number of esters is 1. The zero-order valence-corrected chi connectivity index (χ0v) is 16.9. The van der Waals surface area contributed by atoms with E-state index in [1.165, 1.54) is 7.11 Å². The summed E-state index contributed by atoms with van der Waals surface area (Å²) in [5.41, 5.74) is 1.14. The molecule has 1 aliphatic heterocycles. The van der Waals surface area contributed by atoms with Gasteiger partial charge in [-0.05, 0) is 23.6 Å². The number of hydrogen-bond donors (Lipinski definition) is 1. The normalized spacial score (nSPS) is 20.3. The lowest BCUT2D eigenvalue weighted by atomic mass is 9.99. The molecular formula is C17H26IN3O3. The molecule has 2 unspecified atom stereocenters. The molecular weight excluding hydrogens is 421 g/mol. The van der Waals surface area contributed by atoms with E-state index >= 15 is 0 Å². The number of nitrogens with zero attached hydrogens (tertiary/aromatic N) is 2. The van der Waals surface area contributed by atoms with Crippen molar-refractivity contribution in [2.45, 2.75) is 13.5 Å². The molecule has 1 aromatic carbocycles. The molecule has 24 heavy (non-hydrogen) atoms. The largest absolute Gasteiger partial charge is 0.497 e. The maximum atomic E-state index is 11.8. The van der Waals surface area contributed by atoms with E-state index in [-0.39, 0.29) is 41.8 Å². The molecule has 0 aliphatic carbocycles. The summed E-state index contributed by atoms with van der Waals surface area (Å²) in [6.45, 7) is 4.17. The first-order valence-corrected chi connectivity index (χ1v) is 7.75. The van der Waals surface area contributed by atoms with Crippen molar-refractivity contribution in [2.24, 2.45) is 16.8 Å². The number of likely N-dealkylation sites (tertiary alicyclic amines) is 1. The molecule has 0 saturated carbocycles. The lowest BCUT2D eigenvalue weighted by Crippen LogP contribution is -2.40. The monoisotopic (exact) mass is 447 g/mol. The van der Waals surface area contributed by atoms with Crippen LogP contribution in [0.3, 0.4) is 0 Å². The van der Waals surface area contributed by atoms with Crippen LogP contribution in [0.1, 0.15) is 12.5 Å². The number of rotatable bonds is 4. The third-order valence-electron chi connectivity index (χ3n) is 4.24. The van der Waals surface area contributed by atoms with Crippen molar-refractivity contribution in [3.05, 3.63) is 29.8 Å². The van der Waals surface area contributed by atoms with Gasteiger partial charge in [0.05, 0.1) is 20.1 Å². The fourth-order valence-electron chi connectivity index (χ4n) is 2.85. The van der Waals surface area contributed by atoms with Crippen LogP contribution < -0.4 is 10.1 Å². The lowest BCUT2D eigenvalue weighted by Gasteiger charge is -2.21. The molecule has 0 aromatic heterocycles. The highest BCUT2D eigenvalue weighted by atomic mass is 127. The molecule has 6 nitrogen and oxygen atoms in total. The minimum absolute atomic E-state index is 0. The van der Waals surface area contributed by atoms with Gasteiger partial charge in [0.25, 0.3) is 0 Å². The number of hydrogen-bond acceptors (Lipinski definition) is 4. The molecule has 1 aliphatic rings. The van der Waals surface area contributed by atoms with E-state index in [0.29, 0.717) is 13.1 Å². The van der Waals surface area contributed by atoms with Crippen LogP contribution in [0.4, 0.5) is 0 Å². The van der Waals surface area contributed by atoms with Gasteiger partial charge in [0, 0.05) is 26.7 Å². The van der Waals surface area contributed by atoms with Crippen LogP contribution in [0.25, 0.3) is 0 Å². The standard InChI is InChI=1S/C17H25N3O3.HI/c1-12-10-20(11-15(12)16(21)23-4)17(18-2)19-9-13-5-7-14(22-3)8-6-13;/h5-8,12,15H,9-11H2,1-4H3,(H,18,19);1H. The first-order chi connectivity index (χ1) is 11.1. The summed E-state index contributed by atoms with van der Waals surface area (Å²) in [7, 11) is 4.85. The Kier molecular flexibility index (Phi) is 8.30.